The first-order valence-corrected chi connectivity index (χ1v) is 11.2. The predicted octanol–water partition coefficient (Wildman–Crippen LogP) is 2.55. The lowest BCUT2D eigenvalue weighted by atomic mass is 9.87. The summed E-state index contributed by atoms with van der Waals surface area (Å²) >= 11 is 0. The minimum absolute atomic E-state index is 0.00463. The highest BCUT2D eigenvalue weighted by Gasteiger charge is 2.25. The Morgan fingerprint density at radius 2 is 1.97 bits per heavy atom. The van der Waals surface area contributed by atoms with E-state index in [0.29, 0.717) is 4.90 Å². The molecule has 0 spiro atoms. The number of carbonyl (C=O) groups excluding carboxylic acids is 2. The molecular weight excluding hydrogens is 388 g/mol. The van der Waals surface area contributed by atoms with E-state index in [2.05, 4.69) is 10.0 Å². The Morgan fingerprint density at radius 3 is 2.34 bits per heavy atom. The molecule has 1 saturated heterocycles. The molecule has 166 valence electrons. The highest BCUT2D eigenvalue weighted by Crippen LogP contribution is 2.23. The number of benzene rings is 1. The van der Waals surface area contributed by atoms with Gasteiger partial charge in [-0.05, 0) is 57.1 Å². The Labute approximate surface area is 178 Å². The average molecular weight is 427 g/mol. The van der Waals surface area contributed by atoms with Gasteiger partial charge in [0.2, 0.25) is 5.91 Å². The summed E-state index contributed by atoms with van der Waals surface area (Å²) in [5, 5.41) is 3.16. The van der Waals surface area contributed by atoms with E-state index in [9.17, 15) is 13.8 Å². The van der Waals surface area contributed by atoms with Crippen LogP contribution in [0.1, 0.15) is 47.5 Å². The molecule has 0 aliphatic carbocycles. The maximum absolute atomic E-state index is 11.6. The zero-order chi connectivity index (χ0) is 22.6. The molecule has 0 saturated carbocycles. The van der Waals surface area contributed by atoms with Crippen LogP contribution in [-0.2, 0) is 20.6 Å². The van der Waals surface area contributed by atoms with Gasteiger partial charge in [-0.15, -0.1) is 0 Å². The van der Waals surface area contributed by atoms with E-state index in [1.807, 2.05) is 58.7 Å². The topological polar surface area (TPSA) is 105 Å². The van der Waals surface area contributed by atoms with Crippen molar-refractivity contribution in [2.24, 2.45) is 11.1 Å². The van der Waals surface area contributed by atoms with Crippen molar-refractivity contribution in [1.82, 2.24) is 9.62 Å². The summed E-state index contributed by atoms with van der Waals surface area (Å²) in [5.41, 5.74) is 5.74. The van der Waals surface area contributed by atoms with Crippen LogP contribution in [0.3, 0.4) is 0 Å². The van der Waals surface area contributed by atoms with Gasteiger partial charge in [0.1, 0.15) is 17.3 Å². The molecule has 8 heteroatoms. The van der Waals surface area contributed by atoms with Gasteiger partial charge in [-0.3, -0.25) is 9.69 Å². The van der Waals surface area contributed by atoms with Crippen LogP contribution in [-0.4, -0.2) is 54.0 Å². The quantitative estimate of drug-likeness (QED) is 0.607. The third kappa shape index (κ3) is 9.51. The molecule has 1 aromatic rings. The third-order valence-corrected chi connectivity index (χ3v) is 5.53. The van der Waals surface area contributed by atoms with E-state index < -0.39 is 11.0 Å². The standard InChI is InChI=1S/C13H20N2O2S.C6H12N2O.C2H6/c1-13(2,3)12(9-16)15-10-6-5-7-11(8-10)18(17)14-4;1-8-4-2-3-5(8)6(7)9;1-2/h5-9,12,14-15H,1-4H3;5H,2-4H2,1H3,(H2,7,9);1-2H3/t;5-;/m.0./s1. The first-order valence-electron chi connectivity index (χ1n) is 10.0. The zero-order valence-electron chi connectivity index (χ0n) is 18.8. The summed E-state index contributed by atoms with van der Waals surface area (Å²) in [4.78, 5) is 24.4. The normalized spacial score (nSPS) is 18.4. The number of rotatable bonds is 6. The highest BCUT2D eigenvalue weighted by molar-refractivity contribution is 7.83. The number of anilines is 1. The van der Waals surface area contributed by atoms with Crippen molar-refractivity contribution in [3.63, 3.8) is 0 Å². The molecule has 29 heavy (non-hydrogen) atoms. The Kier molecular flexibility index (Phi) is 12.6. The molecule has 1 fully saturated rings. The number of amides is 1. The van der Waals surface area contributed by atoms with Crippen LogP contribution in [0.2, 0.25) is 0 Å². The summed E-state index contributed by atoms with van der Waals surface area (Å²) in [7, 11) is 2.35. The number of nitrogens with two attached hydrogens (primary N) is 1. The highest BCUT2D eigenvalue weighted by atomic mass is 32.2. The Bertz CT molecular complexity index is 662. The number of likely N-dealkylation sites (tertiary alicyclic amines) is 1. The molecule has 0 aromatic heterocycles. The number of carbonyl (C=O) groups is 2. The molecule has 0 radical (unpaired) electrons. The lowest BCUT2D eigenvalue weighted by molar-refractivity contribution is -0.121. The maximum Gasteiger partial charge on any atom is 0.234 e. The van der Waals surface area contributed by atoms with Gasteiger partial charge in [-0.2, -0.15) is 0 Å². The maximum atomic E-state index is 11.6. The van der Waals surface area contributed by atoms with E-state index in [1.54, 1.807) is 19.2 Å². The van der Waals surface area contributed by atoms with Gasteiger partial charge in [0, 0.05) is 5.69 Å². The molecule has 1 aromatic carbocycles. The molecule has 4 N–H and O–H groups in total. The van der Waals surface area contributed by atoms with Crippen molar-refractivity contribution < 1.29 is 13.8 Å². The number of likely N-dealkylation sites (N-methyl/N-ethyl adjacent to an activating group) is 1. The van der Waals surface area contributed by atoms with Crippen molar-refractivity contribution in [2.45, 2.75) is 64.4 Å². The Morgan fingerprint density at radius 1 is 1.34 bits per heavy atom. The number of nitrogens with zero attached hydrogens (tertiary/aromatic N) is 1. The smallest absolute Gasteiger partial charge is 0.234 e. The van der Waals surface area contributed by atoms with Crippen molar-refractivity contribution in [3.05, 3.63) is 24.3 Å². The number of aldehydes is 1. The fourth-order valence-electron chi connectivity index (χ4n) is 2.72. The van der Waals surface area contributed by atoms with E-state index in [0.717, 1.165) is 31.4 Å². The third-order valence-electron chi connectivity index (χ3n) is 4.47. The van der Waals surface area contributed by atoms with Gasteiger partial charge >= 0.3 is 0 Å². The number of nitrogens with one attached hydrogen (secondary N) is 2. The summed E-state index contributed by atoms with van der Waals surface area (Å²) in [6.07, 6.45) is 2.94. The molecule has 1 aliphatic heterocycles. The van der Waals surface area contributed by atoms with Crippen LogP contribution in [0.5, 0.6) is 0 Å². The predicted molar refractivity (Wildman–Crippen MR) is 121 cm³/mol. The largest absolute Gasteiger partial charge is 0.375 e. The molecule has 1 heterocycles. The summed E-state index contributed by atoms with van der Waals surface area (Å²) in [5.74, 6) is -0.185. The minimum Gasteiger partial charge on any atom is -0.375 e. The first kappa shape index (κ1) is 27.2. The minimum atomic E-state index is -1.22. The van der Waals surface area contributed by atoms with Gasteiger partial charge < -0.3 is 15.8 Å². The number of hydrogen-bond donors (Lipinski definition) is 3. The molecule has 1 amide bonds. The number of primary amides is 1. The second-order valence-electron chi connectivity index (χ2n) is 7.67. The Hall–Kier alpha value is -1.77. The second kappa shape index (κ2) is 13.5. The fraction of sp³-hybridized carbons (Fsp3) is 0.619. The van der Waals surface area contributed by atoms with Crippen LogP contribution in [0.15, 0.2) is 29.2 Å². The lowest BCUT2D eigenvalue weighted by Gasteiger charge is -2.27. The van der Waals surface area contributed by atoms with Crippen LogP contribution in [0, 0.1) is 5.41 Å². The molecule has 0 bridgehead atoms. The SMILES string of the molecule is CC.CN1CCC[C@H]1C(N)=O.CNS(=O)c1cccc(NC(C=O)C(C)(C)C)c1. The van der Waals surface area contributed by atoms with Gasteiger partial charge in [-0.1, -0.05) is 40.7 Å². The summed E-state index contributed by atoms with van der Waals surface area (Å²) in [6, 6.07) is 6.97. The first-order chi connectivity index (χ1) is 13.6. The van der Waals surface area contributed by atoms with E-state index in [4.69, 9.17) is 5.73 Å². The van der Waals surface area contributed by atoms with Crippen molar-refractivity contribution in [1.29, 1.82) is 0 Å². The van der Waals surface area contributed by atoms with Crippen LogP contribution in [0.4, 0.5) is 5.69 Å². The monoisotopic (exact) mass is 426 g/mol. The van der Waals surface area contributed by atoms with E-state index >= 15 is 0 Å². The van der Waals surface area contributed by atoms with Crippen molar-refractivity contribution in [2.75, 3.05) is 26.0 Å². The zero-order valence-corrected chi connectivity index (χ0v) is 19.6. The molecule has 3 atom stereocenters. The lowest BCUT2D eigenvalue weighted by Crippen LogP contribution is -2.37. The molecule has 1 aliphatic rings. The van der Waals surface area contributed by atoms with Crippen LogP contribution >= 0.6 is 0 Å². The Balaban J connectivity index is 0.000000595. The van der Waals surface area contributed by atoms with Crippen LogP contribution in [0.25, 0.3) is 0 Å². The van der Waals surface area contributed by atoms with Gasteiger partial charge in [-0.25, -0.2) is 8.93 Å². The van der Waals surface area contributed by atoms with Gasteiger partial charge in [0.25, 0.3) is 0 Å². The van der Waals surface area contributed by atoms with Gasteiger partial charge in [0.05, 0.1) is 17.0 Å². The molecular formula is C21H38N4O3S. The van der Waals surface area contributed by atoms with Crippen molar-refractivity contribution >= 4 is 28.9 Å². The van der Waals surface area contributed by atoms with Crippen LogP contribution < -0.4 is 15.8 Å². The van der Waals surface area contributed by atoms with E-state index in [1.165, 1.54) is 0 Å². The molecule has 7 nitrogen and oxygen atoms in total. The average Bonchev–Trinajstić information content (AvgIpc) is 3.13. The summed E-state index contributed by atoms with van der Waals surface area (Å²) in [6.45, 7) is 11.0. The van der Waals surface area contributed by atoms with Crippen molar-refractivity contribution in [3.8, 4) is 0 Å². The van der Waals surface area contributed by atoms with Gasteiger partial charge in [0.15, 0.2) is 0 Å². The number of hydrogen-bond acceptors (Lipinski definition) is 5. The fourth-order valence-corrected chi connectivity index (χ4v) is 3.39. The second-order valence-corrected chi connectivity index (χ2v) is 9.08. The van der Waals surface area contributed by atoms with E-state index in [-0.39, 0.29) is 23.4 Å². The summed E-state index contributed by atoms with van der Waals surface area (Å²) < 4.78 is 14.3. The molecule has 2 unspecified atom stereocenters. The molecule has 2 rings (SSSR count).